The van der Waals surface area contributed by atoms with Gasteiger partial charge in [-0.15, -0.1) is 0 Å². The Morgan fingerprint density at radius 1 is 1.07 bits per heavy atom. The molecule has 1 unspecified atom stereocenters. The Morgan fingerprint density at radius 2 is 1.98 bits per heavy atom. The third-order valence-electron chi connectivity index (χ3n) is 7.26. The van der Waals surface area contributed by atoms with Crippen molar-refractivity contribution in [3.8, 4) is 11.8 Å². The monoisotopic (exact) mass is 565 g/mol. The molecule has 1 aliphatic rings. The van der Waals surface area contributed by atoms with E-state index in [0.717, 1.165) is 28.2 Å². The van der Waals surface area contributed by atoms with Gasteiger partial charge in [0, 0.05) is 44.3 Å². The van der Waals surface area contributed by atoms with Gasteiger partial charge in [0.2, 0.25) is 0 Å². The average molecular weight is 566 g/mol. The molecule has 6 rings (SSSR count). The number of pyridine rings is 1. The minimum atomic E-state index is -4.00. The average Bonchev–Trinajstić information content (AvgIpc) is 3.68. The summed E-state index contributed by atoms with van der Waals surface area (Å²) in [7, 11) is -2.07. The van der Waals surface area contributed by atoms with Gasteiger partial charge in [-0.25, -0.2) is 28.1 Å². The maximum atomic E-state index is 14.2. The molecule has 3 aromatic heterocycles. The number of sulfonamides is 1. The Hall–Kier alpha value is -4.86. The van der Waals surface area contributed by atoms with Crippen LogP contribution < -0.4 is 4.90 Å². The van der Waals surface area contributed by atoms with Crippen LogP contribution in [0.4, 0.5) is 5.69 Å². The number of anilines is 1. The molecule has 0 spiro atoms. The minimum Gasteiger partial charge on any atom is -0.364 e. The highest BCUT2D eigenvalue weighted by atomic mass is 32.2. The Bertz CT molecular complexity index is 1810. The molecule has 0 saturated heterocycles. The van der Waals surface area contributed by atoms with Crippen LogP contribution in [0.3, 0.4) is 0 Å². The van der Waals surface area contributed by atoms with Gasteiger partial charge in [0.25, 0.3) is 10.0 Å². The zero-order valence-electron chi connectivity index (χ0n) is 22.3. The Morgan fingerprint density at radius 3 is 2.71 bits per heavy atom. The second-order valence-corrected chi connectivity index (χ2v) is 11.8. The second-order valence-electron chi connectivity index (χ2n) is 9.92. The summed E-state index contributed by atoms with van der Waals surface area (Å²) in [6, 6.07) is 19.9. The van der Waals surface area contributed by atoms with E-state index in [9.17, 15) is 13.7 Å². The summed E-state index contributed by atoms with van der Waals surface area (Å²) in [5.74, 6) is 0. The molecule has 0 N–H and O–H groups in total. The lowest BCUT2D eigenvalue weighted by Crippen LogP contribution is -2.50. The van der Waals surface area contributed by atoms with Crippen LogP contribution in [0.5, 0.6) is 0 Å². The first-order valence-corrected chi connectivity index (χ1v) is 14.5. The second kappa shape index (κ2) is 11.0. The van der Waals surface area contributed by atoms with Crippen LogP contribution >= 0.6 is 0 Å². The van der Waals surface area contributed by atoms with Crippen LogP contribution in [0.15, 0.2) is 97.1 Å². The number of benzene rings is 2. The van der Waals surface area contributed by atoms with Crippen molar-refractivity contribution in [2.24, 2.45) is 7.05 Å². The van der Waals surface area contributed by atoms with Gasteiger partial charge in [-0.2, -0.15) is 14.7 Å². The largest absolute Gasteiger partial charge is 0.364 e. The predicted octanol–water partition coefficient (Wildman–Crippen LogP) is 3.09. The summed E-state index contributed by atoms with van der Waals surface area (Å²) < 4.78 is 33.5. The molecule has 1 aliphatic heterocycles. The maximum Gasteiger partial charge on any atom is 0.261 e. The summed E-state index contributed by atoms with van der Waals surface area (Å²) in [6.45, 7) is 1.10. The van der Waals surface area contributed by atoms with E-state index >= 15 is 0 Å². The highest BCUT2D eigenvalue weighted by Crippen LogP contribution is 2.34. The van der Waals surface area contributed by atoms with Crippen molar-refractivity contribution < 1.29 is 8.42 Å². The summed E-state index contributed by atoms with van der Waals surface area (Å²) in [5, 5.41) is 13.8. The molecular weight excluding hydrogens is 538 g/mol. The smallest absolute Gasteiger partial charge is 0.261 e. The fourth-order valence-corrected chi connectivity index (χ4v) is 6.76. The number of hydrogen-bond acceptors (Lipinski definition) is 8. The number of nitriles is 1. The molecule has 2 aromatic carbocycles. The van der Waals surface area contributed by atoms with Gasteiger partial charge >= 0.3 is 0 Å². The molecule has 0 amide bonds. The van der Waals surface area contributed by atoms with E-state index in [-0.39, 0.29) is 11.6 Å². The lowest BCUT2D eigenvalue weighted by Gasteiger charge is -2.40. The fraction of sp³-hybridized carbons (Fsp3) is 0.207. The van der Waals surface area contributed by atoms with E-state index in [0.29, 0.717) is 25.1 Å². The van der Waals surface area contributed by atoms with Crippen molar-refractivity contribution in [3.05, 3.63) is 114 Å². The molecule has 12 heteroatoms. The molecule has 11 nitrogen and oxygen atoms in total. The standard InChI is InChI=1S/C29H27N9O2S/c1-35-20-31-15-27(35)18-36-17-26(13-24-11-22(14-30)8-9-28(24)36)38(41(39,40)29-7-2-3-10-33-29)16-23-5-4-6-25(12-23)37-21-32-19-34-37/h2-12,15,19-21,26H,13,16-18H2,1H3. The van der Waals surface area contributed by atoms with Gasteiger partial charge in [-0.05, 0) is 60.0 Å². The topological polar surface area (TPSA) is 126 Å². The van der Waals surface area contributed by atoms with Crippen molar-refractivity contribution in [2.45, 2.75) is 30.6 Å². The van der Waals surface area contributed by atoms with Crippen molar-refractivity contribution in [1.29, 1.82) is 5.26 Å². The SMILES string of the molecule is Cn1cncc1CN1CC(N(Cc2cccc(-n3cncn3)c2)S(=O)(=O)c2ccccn2)Cc2cc(C#N)ccc21. The maximum absolute atomic E-state index is 14.2. The third-order valence-corrected chi connectivity index (χ3v) is 9.07. The lowest BCUT2D eigenvalue weighted by molar-refractivity contribution is 0.301. The number of nitrogens with zero attached hydrogens (tertiary/aromatic N) is 9. The van der Waals surface area contributed by atoms with Crippen molar-refractivity contribution in [3.63, 3.8) is 0 Å². The van der Waals surface area contributed by atoms with Gasteiger partial charge in [-0.3, -0.25) is 0 Å². The number of hydrogen-bond donors (Lipinski definition) is 0. The summed E-state index contributed by atoms with van der Waals surface area (Å²) >= 11 is 0. The molecule has 206 valence electrons. The van der Waals surface area contributed by atoms with E-state index in [1.807, 2.05) is 54.2 Å². The van der Waals surface area contributed by atoms with Gasteiger partial charge in [0.05, 0.1) is 35.9 Å². The zero-order valence-corrected chi connectivity index (χ0v) is 23.1. The number of fused-ring (bicyclic) bond motifs is 1. The molecule has 0 saturated carbocycles. The normalized spacial score (nSPS) is 15.0. The van der Waals surface area contributed by atoms with E-state index in [1.54, 1.807) is 35.5 Å². The molecule has 4 heterocycles. The fourth-order valence-electron chi connectivity index (χ4n) is 5.22. The predicted molar refractivity (Wildman–Crippen MR) is 151 cm³/mol. The number of aryl methyl sites for hydroxylation is 1. The van der Waals surface area contributed by atoms with E-state index in [4.69, 9.17) is 0 Å². The van der Waals surface area contributed by atoms with Crippen LogP contribution in [-0.2, 0) is 36.6 Å². The van der Waals surface area contributed by atoms with Crippen LogP contribution in [0.2, 0.25) is 0 Å². The van der Waals surface area contributed by atoms with E-state index in [1.165, 1.54) is 22.9 Å². The number of imidazole rings is 1. The van der Waals surface area contributed by atoms with Crippen molar-refractivity contribution >= 4 is 15.7 Å². The van der Waals surface area contributed by atoms with Crippen LogP contribution in [-0.4, -0.2) is 54.6 Å². The first kappa shape index (κ1) is 26.4. The van der Waals surface area contributed by atoms with Crippen molar-refractivity contribution in [1.82, 2.24) is 33.6 Å². The van der Waals surface area contributed by atoms with Crippen LogP contribution in [0.1, 0.15) is 22.4 Å². The van der Waals surface area contributed by atoms with Gasteiger partial charge in [0.1, 0.15) is 12.7 Å². The summed E-state index contributed by atoms with van der Waals surface area (Å²) in [6.07, 6.45) is 8.54. The molecule has 5 aromatic rings. The zero-order chi connectivity index (χ0) is 28.4. The van der Waals surface area contributed by atoms with Crippen LogP contribution in [0.25, 0.3) is 5.69 Å². The van der Waals surface area contributed by atoms with E-state index in [2.05, 4.69) is 31.0 Å². The molecule has 0 bridgehead atoms. The Balaban J connectivity index is 1.42. The first-order valence-electron chi connectivity index (χ1n) is 13.0. The van der Waals surface area contributed by atoms with E-state index < -0.39 is 16.1 Å². The minimum absolute atomic E-state index is 0.0119. The molecule has 41 heavy (non-hydrogen) atoms. The van der Waals surface area contributed by atoms with Gasteiger partial charge in [-0.1, -0.05) is 18.2 Å². The number of aromatic nitrogens is 6. The highest BCUT2D eigenvalue weighted by molar-refractivity contribution is 7.89. The van der Waals surface area contributed by atoms with Crippen LogP contribution in [0, 0.1) is 11.3 Å². The summed E-state index contributed by atoms with van der Waals surface area (Å²) in [4.78, 5) is 14.7. The Kier molecular flexibility index (Phi) is 7.05. The lowest BCUT2D eigenvalue weighted by atomic mass is 9.95. The molecule has 0 aliphatic carbocycles. The third kappa shape index (κ3) is 5.32. The van der Waals surface area contributed by atoms with Gasteiger partial charge < -0.3 is 9.47 Å². The number of rotatable bonds is 8. The quantitative estimate of drug-likeness (QED) is 0.281. The Labute approximate surface area is 238 Å². The highest BCUT2D eigenvalue weighted by Gasteiger charge is 2.37. The summed E-state index contributed by atoms with van der Waals surface area (Å²) in [5.41, 5.74) is 4.99. The molecule has 0 fully saturated rings. The first-order chi connectivity index (χ1) is 19.9. The molecular formula is C29H27N9O2S. The molecule has 1 atom stereocenters. The van der Waals surface area contributed by atoms with Gasteiger partial charge in [0.15, 0.2) is 5.03 Å². The molecule has 0 radical (unpaired) electrons. The van der Waals surface area contributed by atoms with Crippen molar-refractivity contribution in [2.75, 3.05) is 11.4 Å².